The number of carboxylic acid groups (broad SMARTS) is 1. The second kappa shape index (κ2) is 6.52. The number of carbonyl (C=O) groups excluding carboxylic acids is 2. The van der Waals surface area contributed by atoms with Crippen LogP contribution in [0.3, 0.4) is 0 Å². The van der Waals surface area contributed by atoms with Gasteiger partial charge in [0.2, 0.25) is 0 Å². The van der Waals surface area contributed by atoms with Gasteiger partial charge < -0.3 is 19.7 Å². The fraction of sp³-hybridized carbons (Fsp3) is 0.222. The number of piperazine rings is 1. The molecule has 0 aromatic heterocycles. The third-order valence-electron chi connectivity index (χ3n) is 4.08. The standard InChI is InChI=1S/C18H18N2O3/c21-17(18(22)23)20-12-10-19(11-13-20)16-8-6-15(7-9-16)14-4-2-1-3-5-14/h1-9H,10-13H2,(H,22,23)/p-1. The van der Waals surface area contributed by atoms with Gasteiger partial charge in [-0.1, -0.05) is 42.5 Å². The van der Waals surface area contributed by atoms with Crippen molar-refractivity contribution in [1.82, 2.24) is 4.90 Å². The maximum absolute atomic E-state index is 11.4. The summed E-state index contributed by atoms with van der Waals surface area (Å²) in [6, 6.07) is 18.4. The number of nitrogens with zero attached hydrogens (tertiary/aromatic N) is 2. The van der Waals surface area contributed by atoms with Crippen molar-refractivity contribution in [1.29, 1.82) is 0 Å². The van der Waals surface area contributed by atoms with Crippen molar-refractivity contribution in [2.45, 2.75) is 0 Å². The lowest BCUT2D eigenvalue weighted by Crippen LogP contribution is -2.53. The summed E-state index contributed by atoms with van der Waals surface area (Å²) >= 11 is 0. The average molecular weight is 309 g/mol. The monoisotopic (exact) mass is 309 g/mol. The molecule has 0 aliphatic carbocycles. The lowest BCUT2D eigenvalue weighted by Gasteiger charge is -2.36. The molecule has 0 spiro atoms. The van der Waals surface area contributed by atoms with Gasteiger partial charge in [0.25, 0.3) is 5.91 Å². The Kier molecular flexibility index (Phi) is 4.28. The second-order valence-electron chi connectivity index (χ2n) is 5.48. The minimum Gasteiger partial charge on any atom is -0.540 e. The molecule has 118 valence electrons. The molecule has 1 amide bonds. The molecule has 1 heterocycles. The molecule has 5 heteroatoms. The molecule has 0 radical (unpaired) electrons. The molecular formula is C18H17N2O3-. The van der Waals surface area contributed by atoms with Crippen LogP contribution in [0.4, 0.5) is 5.69 Å². The van der Waals surface area contributed by atoms with Crippen molar-refractivity contribution in [2.75, 3.05) is 31.1 Å². The fourth-order valence-corrected chi connectivity index (χ4v) is 2.79. The van der Waals surface area contributed by atoms with E-state index >= 15 is 0 Å². The largest absolute Gasteiger partial charge is 0.540 e. The highest BCUT2D eigenvalue weighted by molar-refractivity contribution is 6.30. The van der Waals surface area contributed by atoms with Gasteiger partial charge in [-0.3, -0.25) is 4.79 Å². The summed E-state index contributed by atoms with van der Waals surface area (Å²) in [5, 5.41) is 10.6. The molecule has 1 fully saturated rings. The number of carbonyl (C=O) groups is 2. The number of amides is 1. The molecule has 2 aromatic rings. The first kappa shape index (κ1) is 15.1. The van der Waals surface area contributed by atoms with Crippen molar-refractivity contribution in [3.63, 3.8) is 0 Å². The van der Waals surface area contributed by atoms with Gasteiger partial charge in [-0.15, -0.1) is 0 Å². The SMILES string of the molecule is O=C([O-])C(=O)N1CCN(c2ccc(-c3ccccc3)cc2)CC1. The van der Waals surface area contributed by atoms with E-state index in [-0.39, 0.29) is 0 Å². The number of anilines is 1. The highest BCUT2D eigenvalue weighted by atomic mass is 16.4. The molecule has 5 nitrogen and oxygen atoms in total. The Hall–Kier alpha value is -2.82. The van der Waals surface area contributed by atoms with Gasteiger partial charge in [0.05, 0.1) is 0 Å². The highest BCUT2D eigenvalue weighted by Crippen LogP contribution is 2.23. The zero-order chi connectivity index (χ0) is 16.2. The van der Waals surface area contributed by atoms with E-state index in [9.17, 15) is 14.7 Å². The summed E-state index contributed by atoms with van der Waals surface area (Å²) in [7, 11) is 0. The molecule has 1 aliphatic heterocycles. The number of aliphatic carboxylic acids is 1. The van der Waals surface area contributed by atoms with Gasteiger partial charge in [-0.2, -0.15) is 0 Å². The van der Waals surface area contributed by atoms with Crippen molar-refractivity contribution in [2.24, 2.45) is 0 Å². The maximum Gasteiger partial charge on any atom is 0.269 e. The lowest BCUT2D eigenvalue weighted by atomic mass is 10.1. The van der Waals surface area contributed by atoms with Crippen LogP contribution in [0.25, 0.3) is 11.1 Å². The summed E-state index contributed by atoms with van der Waals surface area (Å²) in [4.78, 5) is 25.5. The quantitative estimate of drug-likeness (QED) is 0.768. The molecule has 0 N–H and O–H groups in total. The fourth-order valence-electron chi connectivity index (χ4n) is 2.79. The van der Waals surface area contributed by atoms with Crippen LogP contribution in [0.5, 0.6) is 0 Å². The molecule has 0 bridgehead atoms. The molecule has 0 unspecified atom stereocenters. The van der Waals surface area contributed by atoms with Crippen LogP contribution in [0, 0.1) is 0 Å². The van der Waals surface area contributed by atoms with Crippen molar-refractivity contribution >= 4 is 17.6 Å². The van der Waals surface area contributed by atoms with Gasteiger partial charge in [-0.05, 0) is 23.3 Å². The summed E-state index contributed by atoms with van der Waals surface area (Å²) in [5.74, 6) is -2.56. The van der Waals surface area contributed by atoms with Crippen molar-refractivity contribution < 1.29 is 14.7 Å². The number of carboxylic acids is 1. The van der Waals surface area contributed by atoms with Crippen molar-refractivity contribution in [3.8, 4) is 11.1 Å². The van der Waals surface area contributed by atoms with Gasteiger partial charge in [-0.25, -0.2) is 0 Å². The molecule has 1 saturated heterocycles. The third kappa shape index (κ3) is 3.34. The van der Waals surface area contributed by atoms with Gasteiger partial charge in [0.15, 0.2) is 0 Å². The van der Waals surface area contributed by atoms with E-state index in [0.717, 1.165) is 11.3 Å². The zero-order valence-electron chi connectivity index (χ0n) is 12.6. The maximum atomic E-state index is 11.4. The first-order chi connectivity index (χ1) is 11.1. The van der Waals surface area contributed by atoms with Gasteiger partial charge >= 0.3 is 0 Å². The first-order valence-electron chi connectivity index (χ1n) is 7.56. The van der Waals surface area contributed by atoms with Crippen LogP contribution >= 0.6 is 0 Å². The Bertz CT molecular complexity index is 690. The highest BCUT2D eigenvalue weighted by Gasteiger charge is 2.21. The molecular weight excluding hydrogens is 292 g/mol. The predicted octanol–water partition coefficient (Wildman–Crippen LogP) is 0.752. The Balaban J connectivity index is 1.65. The Morgan fingerprint density at radius 3 is 1.91 bits per heavy atom. The van der Waals surface area contributed by atoms with Crippen LogP contribution in [0.2, 0.25) is 0 Å². The number of benzene rings is 2. The predicted molar refractivity (Wildman–Crippen MR) is 85.7 cm³/mol. The first-order valence-corrected chi connectivity index (χ1v) is 7.56. The summed E-state index contributed by atoms with van der Waals surface area (Å²) in [5.41, 5.74) is 3.40. The number of hydrogen-bond acceptors (Lipinski definition) is 4. The second-order valence-corrected chi connectivity index (χ2v) is 5.48. The molecule has 23 heavy (non-hydrogen) atoms. The van der Waals surface area contributed by atoms with Crippen molar-refractivity contribution in [3.05, 3.63) is 54.6 Å². The number of rotatable bonds is 2. The van der Waals surface area contributed by atoms with E-state index in [1.54, 1.807) is 0 Å². The molecule has 2 aromatic carbocycles. The Morgan fingerprint density at radius 2 is 1.35 bits per heavy atom. The number of hydrogen-bond donors (Lipinski definition) is 0. The third-order valence-corrected chi connectivity index (χ3v) is 4.08. The van der Waals surface area contributed by atoms with Crippen LogP contribution < -0.4 is 10.0 Å². The van der Waals surface area contributed by atoms with Gasteiger partial charge in [0.1, 0.15) is 5.97 Å². The zero-order valence-corrected chi connectivity index (χ0v) is 12.6. The van der Waals surface area contributed by atoms with E-state index in [1.165, 1.54) is 10.5 Å². The van der Waals surface area contributed by atoms with E-state index in [4.69, 9.17) is 0 Å². The lowest BCUT2D eigenvalue weighted by molar-refractivity contribution is -0.301. The van der Waals surface area contributed by atoms with Crippen LogP contribution in [-0.2, 0) is 9.59 Å². The smallest absolute Gasteiger partial charge is 0.269 e. The van der Waals surface area contributed by atoms with E-state index in [2.05, 4.69) is 41.3 Å². The van der Waals surface area contributed by atoms with Crippen LogP contribution in [-0.4, -0.2) is 43.0 Å². The minimum absolute atomic E-state index is 0.396. The molecule has 0 atom stereocenters. The average Bonchev–Trinajstić information content (AvgIpc) is 2.62. The van der Waals surface area contributed by atoms with Gasteiger partial charge in [0, 0.05) is 31.9 Å². The Labute approximate surface area is 134 Å². The molecule has 0 saturated carbocycles. The summed E-state index contributed by atoms with van der Waals surface area (Å²) < 4.78 is 0. The molecule has 3 rings (SSSR count). The summed E-state index contributed by atoms with van der Waals surface area (Å²) in [6.45, 7) is 2.02. The Morgan fingerprint density at radius 1 is 0.783 bits per heavy atom. The van der Waals surface area contributed by atoms with E-state index in [0.29, 0.717) is 26.2 Å². The normalized spacial score (nSPS) is 14.6. The van der Waals surface area contributed by atoms with Crippen LogP contribution in [0.15, 0.2) is 54.6 Å². The topological polar surface area (TPSA) is 63.7 Å². The summed E-state index contributed by atoms with van der Waals surface area (Å²) in [6.07, 6.45) is 0. The minimum atomic E-state index is -1.63. The van der Waals surface area contributed by atoms with E-state index < -0.39 is 11.9 Å². The van der Waals surface area contributed by atoms with E-state index in [1.807, 2.05) is 18.2 Å². The molecule has 1 aliphatic rings. The van der Waals surface area contributed by atoms with Crippen LogP contribution in [0.1, 0.15) is 0 Å².